The SMILES string of the molecule is CCn1cc[n+](C)c1.C[n+]1ccccc1C=NO. The Balaban J connectivity index is 0.000000184. The largest absolute Gasteiger partial charge is 0.411 e. The van der Waals surface area contributed by atoms with Crippen molar-refractivity contribution in [1.82, 2.24) is 4.57 Å². The van der Waals surface area contributed by atoms with Gasteiger partial charge in [0.2, 0.25) is 12.0 Å². The Morgan fingerprint density at radius 2 is 2.11 bits per heavy atom. The van der Waals surface area contributed by atoms with Crippen LogP contribution in [0.4, 0.5) is 0 Å². The maximum atomic E-state index is 8.20. The molecule has 0 bridgehead atoms. The minimum Gasteiger partial charge on any atom is -0.411 e. The summed E-state index contributed by atoms with van der Waals surface area (Å²) >= 11 is 0. The molecule has 0 aliphatic carbocycles. The number of rotatable bonds is 2. The Hall–Kier alpha value is -2.17. The molecule has 2 rings (SSSR count). The van der Waals surface area contributed by atoms with Crippen molar-refractivity contribution in [2.75, 3.05) is 0 Å². The molecule has 18 heavy (non-hydrogen) atoms. The quantitative estimate of drug-likeness (QED) is 0.361. The first-order valence-corrected chi connectivity index (χ1v) is 5.80. The molecule has 5 heteroatoms. The van der Waals surface area contributed by atoms with Crippen molar-refractivity contribution in [3.63, 3.8) is 0 Å². The van der Waals surface area contributed by atoms with Gasteiger partial charge in [0.1, 0.15) is 25.7 Å². The maximum Gasteiger partial charge on any atom is 0.243 e. The van der Waals surface area contributed by atoms with Crippen LogP contribution in [0.25, 0.3) is 0 Å². The molecule has 0 atom stereocenters. The summed E-state index contributed by atoms with van der Waals surface area (Å²) in [6.07, 6.45) is 9.42. The Bertz CT molecular complexity index is 505. The lowest BCUT2D eigenvalue weighted by Crippen LogP contribution is -2.32. The van der Waals surface area contributed by atoms with Gasteiger partial charge in [-0.1, -0.05) is 5.16 Å². The van der Waals surface area contributed by atoms with Crippen molar-refractivity contribution >= 4 is 6.21 Å². The highest BCUT2D eigenvalue weighted by atomic mass is 16.4. The van der Waals surface area contributed by atoms with Crippen LogP contribution in [0.2, 0.25) is 0 Å². The number of oxime groups is 1. The molecule has 0 saturated carbocycles. The first kappa shape index (κ1) is 13.9. The second-order valence-corrected chi connectivity index (χ2v) is 3.89. The lowest BCUT2D eigenvalue weighted by atomic mass is 10.4. The molecule has 0 aliphatic heterocycles. The Kier molecular flexibility index (Phi) is 5.57. The molecule has 96 valence electrons. The first-order chi connectivity index (χ1) is 8.67. The number of aromatic nitrogens is 3. The van der Waals surface area contributed by atoms with Crippen LogP contribution in [-0.4, -0.2) is 16.0 Å². The van der Waals surface area contributed by atoms with Gasteiger partial charge in [0.05, 0.1) is 13.6 Å². The van der Waals surface area contributed by atoms with Gasteiger partial charge in [-0.25, -0.2) is 13.7 Å². The van der Waals surface area contributed by atoms with Crippen molar-refractivity contribution < 1.29 is 14.3 Å². The molecule has 0 aromatic carbocycles. The van der Waals surface area contributed by atoms with Crippen LogP contribution in [0.3, 0.4) is 0 Å². The molecule has 2 aromatic heterocycles. The number of nitrogens with zero attached hydrogens (tertiary/aromatic N) is 4. The molecule has 0 unspecified atom stereocenters. The van der Waals surface area contributed by atoms with Crippen molar-refractivity contribution in [3.05, 3.63) is 48.8 Å². The Morgan fingerprint density at radius 1 is 1.33 bits per heavy atom. The summed E-state index contributed by atoms with van der Waals surface area (Å²) < 4.78 is 6.02. The summed E-state index contributed by atoms with van der Waals surface area (Å²) in [5, 5.41) is 11.1. The zero-order valence-corrected chi connectivity index (χ0v) is 11.1. The van der Waals surface area contributed by atoms with Crippen LogP contribution in [0.15, 0.2) is 48.3 Å². The fraction of sp³-hybridized carbons (Fsp3) is 0.308. The van der Waals surface area contributed by atoms with E-state index in [0.29, 0.717) is 0 Å². The van der Waals surface area contributed by atoms with E-state index in [1.807, 2.05) is 53.8 Å². The predicted octanol–water partition coefficient (Wildman–Crippen LogP) is 0.652. The smallest absolute Gasteiger partial charge is 0.243 e. The molecule has 0 aliphatic rings. The standard InChI is InChI=1S/C7H8N2O.C6H11N2/c1-9-5-3-2-4-7(9)6-8-10;1-3-8-5-4-7(2)6-8/h2-6H,1H3;4-6H,3H2,1-2H3/q;+1/p+1. The second-order valence-electron chi connectivity index (χ2n) is 3.89. The zero-order valence-electron chi connectivity index (χ0n) is 11.1. The lowest BCUT2D eigenvalue weighted by molar-refractivity contribution is -0.672. The predicted molar refractivity (Wildman–Crippen MR) is 68.3 cm³/mol. The number of hydrogen-bond donors (Lipinski definition) is 1. The third-order valence-corrected chi connectivity index (χ3v) is 2.47. The third-order valence-electron chi connectivity index (χ3n) is 2.47. The summed E-state index contributed by atoms with van der Waals surface area (Å²) in [6, 6.07) is 5.66. The Labute approximate surface area is 107 Å². The summed E-state index contributed by atoms with van der Waals surface area (Å²) in [6.45, 7) is 3.18. The van der Waals surface area contributed by atoms with Gasteiger partial charge < -0.3 is 5.21 Å². The van der Waals surface area contributed by atoms with Crippen LogP contribution < -0.4 is 9.13 Å². The van der Waals surface area contributed by atoms with Gasteiger partial charge in [0.15, 0.2) is 6.20 Å². The van der Waals surface area contributed by atoms with Crippen LogP contribution in [0, 0.1) is 0 Å². The molecule has 0 saturated heterocycles. The van der Waals surface area contributed by atoms with E-state index < -0.39 is 0 Å². The van der Waals surface area contributed by atoms with Gasteiger partial charge in [-0.15, -0.1) is 0 Å². The van der Waals surface area contributed by atoms with E-state index in [9.17, 15) is 0 Å². The van der Waals surface area contributed by atoms with E-state index in [1.54, 1.807) is 0 Å². The molecule has 1 N–H and O–H groups in total. The second kappa shape index (κ2) is 7.21. The van der Waals surface area contributed by atoms with E-state index in [4.69, 9.17) is 5.21 Å². The fourth-order valence-corrected chi connectivity index (χ4v) is 1.42. The van der Waals surface area contributed by atoms with Crippen LogP contribution in [-0.2, 0) is 20.6 Å². The van der Waals surface area contributed by atoms with Crippen molar-refractivity contribution in [2.24, 2.45) is 19.3 Å². The van der Waals surface area contributed by atoms with E-state index in [1.165, 1.54) is 6.21 Å². The van der Waals surface area contributed by atoms with Crippen LogP contribution >= 0.6 is 0 Å². The van der Waals surface area contributed by atoms with Gasteiger partial charge in [-0.2, -0.15) is 0 Å². The molecule has 0 fully saturated rings. The average molecular weight is 248 g/mol. The van der Waals surface area contributed by atoms with Crippen LogP contribution in [0.1, 0.15) is 12.6 Å². The lowest BCUT2D eigenvalue weighted by Gasteiger charge is -1.88. The summed E-state index contributed by atoms with van der Waals surface area (Å²) in [4.78, 5) is 0. The van der Waals surface area contributed by atoms with E-state index >= 15 is 0 Å². The minimum absolute atomic E-state index is 0.866. The summed E-state index contributed by atoms with van der Waals surface area (Å²) in [5.41, 5.74) is 0.866. The molecule has 0 amide bonds. The number of hydrogen-bond acceptors (Lipinski definition) is 2. The third kappa shape index (κ3) is 4.37. The molecular weight excluding hydrogens is 228 g/mol. The van der Waals surface area contributed by atoms with Gasteiger partial charge in [-0.05, 0) is 13.0 Å². The number of aryl methyl sites for hydroxylation is 3. The Morgan fingerprint density at radius 3 is 2.56 bits per heavy atom. The highest BCUT2D eigenvalue weighted by Crippen LogP contribution is 1.84. The molecule has 2 heterocycles. The van der Waals surface area contributed by atoms with E-state index in [0.717, 1.165) is 12.2 Å². The topological polar surface area (TPSA) is 45.3 Å². The van der Waals surface area contributed by atoms with Gasteiger partial charge in [-0.3, -0.25) is 0 Å². The van der Waals surface area contributed by atoms with Gasteiger partial charge in [0, 0.05) is 12.1 Å². The maximum absolute atomic E-state index is 8.20. The molecule has 2 aromatic rings. The fourth-order valence-electron chi connectivity index (χ4n) is 1.42. The van der Waals surface area contributed by atoms with Gasteiger partial charge >= 0.3 is 0 Å². The van der Waals surface area contributed by atoms with Crippen molar-refractivity contribution in [2.45, 2.75) is 13.5 Å². The van der Waals surface area contributed by atoms with Crippen molar-refractivity contribution in [3.8, 4) is 0 Å². The van der Waals surface area contributed by atoms with E-state index in [-0.39, 0.29) is 0 Å². The normalized spacial score (nSPS) is 10.2. The van der Waals surface area contributed by atoms with E-state index in [2.05, 4.69) is 29.2 Å². The first-order valence-electron chi connectivity index (χ1n) is 5.80. The summed E-state index contributed by atoms with van der Waals surface area (Å²) in [5.74, 6) is 0. The summed E-state index contributed by atoms with van der Waals surface area (Å²) in [7, 11) is 3.91. The van der Waals surface area contributed by atoms with Crippen molar-refractivity contribution in [1.29, 1.82) is 0 Å². The highest BCUT2D eigenvalue weighted by molar-refractivity contribution is 5.74. The van der Waals surface area contributed by atoms with Gasteiger partial charge in [0.25, 0.3) is 0 Å². The molecular formula is C13H20N4O+2. The molecule has 0 spiro atoms. The zero-order chi connectivity index (χ0) is 13.4. The molecule has 0 radical (unpaired) electrons. The highest BCUT2D eigenvalue weighted by Gasteiger charge is 1.98. The minimum atomic E-state index is 0.866. The number of imidazole rings is 1. The molecule has 5 nitrogen and oxygen atoms in total. The van der Waals surface area contributed by atoms with Crippen LogP contribution in [0.5, 0.6) is 0 Å². The average Bonchev–Trinajstić information content (AvgIpc) is 2.79. The monoisotopic (exact) mass is 248 g/mol. The number of pyridine rings is 1.